The summed E-state index contributed by atoms with van der Waals surface area (Å²) in [5.74, 6) is 0.185. The second-order valence-electron chi connectivity index (χ2n) is 4.20. The first-order chi connectivity index (χ1) is 6.68. The standard InChI is InChI=1S/C11H15NO2/c1-7-4-2-3-5-8(7)9-6-10(13)12-11(9)14/h7H,2-6H2,1H3,(H,12,13,14)/b9-8-. The van der Waals surface area contributed by atoms with Gasteiger partial charge >= 0.3 is 0 Å². The first-order valence-corrected chi connectivity index (χ1v) is 5.24. The molecule has 1 unspecified atom stereocenters. The Balaban J connectivity index is 2.28. The zero-order chi connectivity index (χ0) is 10.1. The van der Waals surface area contributed by atoms with Crippen LogP contribution in [0.5, 0.6) is 0 Å². The van der Waals surface area contributed by atoms with Crippen molar-refractivity contribution in [2.45, 2.75) is 39.0 Å². The molecule has 1 heterocycles. The van der Waals surface area contributed by atoms with E-state index in [0.717, 1.165) is 24.8 Å². The van der Waals surface area contributed by atoms with Crippen LogP contribution in [0.1, 0.15) is 39.0 Å². The van der Waals surface area contributed by atoms with E-state index >= 15 is 0 Å². The number of nitrogens with one attached hydrogen (secondary N) is 1. The average Bonchev–Trinajstić information content (AvgIpc) is 2.46. The fraction of sp³-hybridized carbons (Fsp3) is 0.636. The summed E-state index contributed by atoms with van der Waals surface area (Å²) in [4.78, 5) is 22.5. The Morgan fingerprint density at radius 2 is 2.07 bits per heavy atom. The number of carbonyl (C=O) groups is 2. The van der Waals surface area contributed by atoms with Crippen LogP contribution in [0.2, 0.25) is 0 Å². The van der Waals surface area contributed by atoms with Crippen LogP contribution in [-0.4, -0.2) is 11.8 Å². The highest BCUT2D eigenvalue weighted by atomic mass is 16.2. The van der Waals surface area contributed by atoms with Gasteiger partial charge in [0.25, 0.3) is 5.91 Å². The Kier molecular flexibility index (Phi) is 2.40. The Hall–Kier alpha value is -1.12. The number of hydrogen-bond donors (Lipinski definition) is 1. The summed E-state index contributed by atoms with van der Waals surface area (Å²) in [6, 6.07) is 0. The monoisotopic (exact) mass is 193 g/mol. The van der Waals surface area contributed by atoms with Gasteiger partial charge in [-0.2, -0.15) is 0 Å². The second-order valence-corrected chi connectivity index (χ2v) is 4.20. The van der Waals surface area contributed by atoms with Crippen LogP contribution in [0.15, 0.2) is 11.1 Å². The predicted molar refractivity (Wildman–Crippen MR) is 52.4 cm³/mol. The molecular formula is C11H15NO2. The molecule has 0 aromatic rings. The highest BCUT2D eigenvalue weighted by Crippen LogP contribution is 2.33. The highest BCUT2D eigenvalue weighted by molar-refractivity contribution is 6.13. The van der Waals surface area contributed by atoms with Crippen LogP contribution in [0.4, 0.5) is 0 Å². The Morgan fingerprint density at radius 3 is 2.64 bits per heavy atom. The Labute approximate surface area is 83.6 Å². The topological polar surface area (TPSA) is 46.2 Å². The van der Waals surface area contributed by atoms with Crippen molar-refractivity contribution in [2.24, 2.45) is 5.92 Å². The van der Waals surface area contributed by atoms with Crippen molar-refractivity contribution in [3.8, 4) is 0 Å². The maximum absolute atomic E-state index is 11.4. The van der Waals surface area contributed by atoms with Gasteiger partial charge in [-0.3, -0.25) is 14.9 Å². The van der Waals surface area contributed by atoms with Crippen molar-refractivity contribution in [3.63, 3.8) is 0 Å². The first kappa shape index (κ1) is 9.44. The Morgan fingerprint density at radius 1 is 1.29 bits per heavy atom. The summed E-state index contributed by atoms with van der Waals surface area (Å²) in [6.45, 7) is 2.15. The number of hydrogen-bond acceptors (Lipinski definition) is 2. The van der Waals surface area contributed by atoms with Crippen LogP contribution >= 0.6 is 0 Å². The molecule has 0 bridgehead atoms. The van der Waals surface area contributed by atoms with E-state index in [-0.39, 0.29) is 11.8 Å². The molecule has 2 fully saturated rings. The lowest BCUT2D eigenvalue weighted by Crippen LogP contribution is -2.20. The van der Waals surface area contributed by atoms with Crippen molar-refractivity contribution < 1.29 is 9.59 Å². The van der Waals surface area contributed by atoms with Gasteiger partial charge in [0.15, 0.2) is 0 Å². The number of imide groups is 1. The molecule has 0 aromatic carbocycles. The maximum Gasteiger partial charge on any atom is 0.254 e. The van der Waals surface area contributed by atoms with Gasteiger partial charge < -0.3 is 0 Å². The summed E-state index contributed by atoms with van der Waals surface area (Å²) in [5.41, 5.74) is 1.97. The van der Waals surface area contributed by atoms with Crippen LogP contribution in [0.25, 0.3) is 0 Å². The van der Waals surface area contributed by atoms with E-state index in [0.29, 0.717) is 12.3 Å². The molecule has 3 nitrogen and oxygen atoms in total. The molecule has 1 saturated carbocycles. The minimum atomic E-state index is -0.154. The lowest BCUT2D eigenvalue weighted by atomic mass is 9.82. The SMILES string of the molecule is CC1CCCC/C1=C1\CC(=O)NC1=O. The fourth-order valence-electron chi connectivity index (χ4n) is 2.38. The Bertz CT molecular complexity index is 317. The number of rotatable bonds is 0. The number of amides is 2. The third-order valence-corrected chi connectivity index (χ3v) is 3.18. The van der Waals surface area contributed by atoms with Crippen LogP contribution in [-0.2, 0) is 9.59 Å². The van der Waals surface area contributed by atoms with Crippen LogP contribution < -0.4 is 5.32 Å². The van der Waals surface area contributed by atoms with Crippen LogP contribution in [0.3, 0.4) is 0 Å². The largest absolute Gasteiger partial charge is 0.292 e. The number of allylic oxidation sites excluding steroid dienone is 1. The lowest BCUT2D eigenvalue weighted by Gasteiger charge is -2.22. The van der Waals surface area contributed by atoms with Gasteiger partial charge in [0, 0.05) is 5.57 Å². The smallest absolute Gasteiger partial charge is 0.254 e. The highest BCUT2D eigenvalue weighted by Gasteiger charge is 2.29. The zero-order valence-corrected chi connectivity index (χ0v) is 8.43. The van der Waals surface area contributed by atoms with E-state index in [9.17, 15) is 9.59 Å². The van der Waals surface area contributed by atoms with Gasteiger partial charge in [0.1, 0.15) is 0 Å². The molecule has 0 aromatic heterocycles. The minimum Gasteiger partial charge on any atom is -0.292 e. The molecule has 14 heavy (non-hydrogen) atoms. The zero-order valence-electron chi connectivity index (χ0n) is 8.43. The van der Waals surface area contributed by atoms with Crippen molar-refractivity contribution in [1.82, 2.24) is 5.32 Å². The third kappa shape index (κ3) is 1.59. The molecule has 2 amide bonds. The van der Waals surface area contributed by atoms with E-state index in [1.54, 1.807) is 0 Å². The first-order valence-electron chi connectivity index (χ1n) is 5.24. The summed E-state index contributed by atoms with van der Waals surface area (Å²) in [7, 11) is 0. The van der Waals surface area contributed by atoms with Gasteiger partial charge in [-0.05, 0) is 25.2 Å². The van der Waals surface area contributed by atoms with Gasteiger partial charge in [0.05, 0.1) is 6.42 Å². The molecule has 1 atom stereocenters. The molecule has 0 spiro atoms. The molecule has 76 valence electrons. The van der Waals surface area contributed by atoms with Crippen molar-refractivity contribution in [3.05, 3.63) is 11.1 Å². The van der Waals surface area contributed by atoms with E-state index in [4.69, 9.17) is 0 Å². The van der Waals surface area contributed by atoms with Crippen molar-refractivity contribution in [2.75, 3.05) is 0 Å². The molecule has 2 aliphatic rings. The lowest BCUT2D eigenvalue weighted by molar-refractivity contribution is -0.124. The summed E-state index contributed by atoms with van der Waals surface area (Å²) >= 11 is 0. The summed E-state index contributed by atoms with van der Waals surface area (Å²) in [6.07, 6.45) is 4.86. The van der Waals surface area contributed by atoms with E-state index in [1.165, 1.54) is 12.0 Å². The van der Waals surface area contributed by atoms with Gasteiger partial charge in [-0.15, -0.1) is 0 Å². The van der Waals surface area contributed by atoms with Gasteiger partial charge in [-0.25, -0.2) is 0 Å². The third-order valence-electron chi connectivity index (χ3n) is 3.18. The summed E-state index contributed by atoms with van der Waals surface area (Å²) in [5, 5.41) is 2.35. The van der Waals surface area contributed by atoms with Crippen LogP contribution in [0, 0.1) is 5.92 Å². The van der Waals surface area contributed by atoms with Crippen molar-refractivity contribution >= 4 is 11.8 Å². The molecule has 0 radical (unpaired) electrons. The second kappa shape index (κ2) is 3.56. The molecule has 1 aliphatic heterocycles. The molecule has 1 saturated heterocycles. The molecule has 3 heteroatoms. The molecular weight excluding hydrogens is 178 g/mol. The molecule has 2 rings (SSSR count). The van der Waals surface area contributed by atoms with E-state index in [1.807, 2.05) is 0 Å². The van der Waals surface area contributed by atoms with E-state index in [2.05, 4.69) is 12.2 Å². The molecule has 1 aliphatic carbocycles. The van der Waals surface area contributed by atoms with E-state index < -0.39 is 0 Å². The fourth-order valence-corrected chi connectivity index (χ4v) is 2.38. The van der Waals surface area contributed by atoms with Gasteiger partial charge in [0.2, 0.25) is 5.91 Å². The molecule has 1 N–H and O–H groups in total. The average molecular weight is 193 g/mol. The van der Waals surface area contributed by atoms with Crippen molar-refractivity contribution in [1.29, 1.82) is 0 Å². The maximum atomic E-state index is 11.4. The minimum absolute atomic E-state index is 0.143. The quantitative estimate of drug-likeness (QED) is 0.468. The van der Waals surface area contributed by atoms with Gasteiger partial charge in [-0.1, -0.05) is 18.9 Å². The predicted octanol–water partition coefficient (Wildman–Crippen LogP) is 1.54. The normalized spacial score (nSPS) is 33.4. The summed E-state index contributed by atoms with van der Waals surface area (Å²) < 4.78 is 0. The number of carbonyl (C=O) groups excluding carboxylic acids is 2.